The predicted octanol–water partition coefficient (Wildman–Crippen LogP) is -0.205. The highest BCUT2D eigenvalue weighted by atomic mass is 35.7. The van der Waals surface area contributed by atoms with E-state index in [0.717, 1.165) is 0 Å². The van der Waals surface area contributed by atoms with E-state index >= 15 is 0 Å². The van der Waals surface area contributed by atoms with Crippen molar-refractivity contribution in [2.75, 3.05) is 11.9 Å². The molecule has 1 N–H and O–H groups in total. The Balaban J connectivity index is 0.000000257. The molecule has 0 saturated heterocycles. The van der Waals surface area contributed by atoms with E-state index in [0.29, 0.717) is 0 Å². The Morgan fingerprint density at radius 1 is 0.900 bits per heavy atom. The number of hydrogen-bond acceptors (Lipinski definition) is 6. The minimum absolute atomic E-state index is 1.29. The van der Waals surface area contributed by atoms with Crippen LogP contribution in [0.5, 0.6) is 0 Å². The zero-order valence-electron chi connectivity index (χ0n) is 10.5. The van der Waals surface area contributed by atoms with Crippen molar-refractivity contribution in [3.63, 3.8) is 0 Å². The quantitative estimate of drug-likeness (QED) is 0.724. The van der Waals surface area contributed by atoms with Crippen LogP contribution in [-0.4, -0.2) is 11.7 Å². The molecule has 2 aromatic rings. The molecule has 106 valence electrons. The lowest BCUT2D eigenvalue weighted by molar-refractivity contribution is -1.92. The molecular weight excluding hydrogens is 302 g/mol. The third-order valence-corrected chi connectivity index (χ3v) is 3.80. The van der Waals surface area contributed by atoms with E-state index < -0.39 is 10.2 Å². The van der Waals surface area contributed by atoms with E-state index in [2.05, 4.69) is 60.5 Å². The maximum atomic E-state index is 8.60. The van der Waals surface area contributed by atoms with E-state index in [1.165, 1.54) is 21.2 Å². The highest BCUT2D eigenvalue weighted by Gasteiger charge is 2.18. The number of benzene rings is 2. The first-order chi connectivity index (χ1) is 9.36. The molecule has 0 atom stereocenters. The number of para-hydroxylation sites is 2. The number of rotatable bonds is 0. The summed E-state index contributed by atoms with van der Waals surface area (Å²) in [5.74, 6) is 0. The van der Waals surface area contributed by atoms with Gasteiger partial charge in [-0.05, 0) is 24.3 Å². The summed E-state index contributed by atoms with van der Waals surface area (Å²) in [5, 5.41) is 0. The molecule has 0 aromatic heterocycles. The molecule has 0 aliphatic carbocycles. The third kappa shape index (κ3) is 3.86. The van der Waals surface area contributed by atoms with Crippen LogP contribution in [0.15, 0.2) is 58.3 Å². The fourth-order valence-corrected chi connectivity index (χ4v) is 3.04. The van der Waals surface area contributed by atoms with E-state index in [9.17, 15) is 0 Å². The second-order valence-corrected chi connectivity index (χ2v) is 5.87. The highest BCUT2D eigenvalue weighted by molar-refractivity contribution is 7.99. The summed E-state index contributed by atoms with van der Waals surface area (Å²) >= 11 is 1.84. The number of anilines is 2. The molecule has 1 heterocycles. The lowest BCUT2D eigenvalue weighted by Crippen LogP contribution is -2.58. The Morgan fingerprint density at radius 2 is 1.25 bits per heavy atom. The van der Waals surface area contributed by atoms with Crippen LogP contribution in [0.3, 0.4) is 0 Å². The van der Waals surface area contributed by atoms with Crippen LogP contribution in [0.1, 0.15) is 0 Å². The molecule has 0 saturated carbocycles. The van der Waals surface area contributed by atoms with Crippen LogP contribution < -0.4 is 18.9 Å². The molecular formula is C13H12ClNO4S. The molecule has 7 heteroatoms. The molecule has 2 aromatic carbocycles. The van der Waals surface area contributed by atoms with E-state index in [-0.39, 0.29) is 0 Å². The second kappa shape index (κ2) is 6.01. The molecule has 0 fully saturated rings. The fourth-order valence-electron chi connectivity index (χ4n) is 1.89. The first-order valence-electron chi connectivity index (χ1n) is 5.59. The Morgan fingerprint density at radius 3 is 1.65 bits per heavy atom. The highest BCUT2D eigenvalue weighted by Crippen LogP contribution is 2.46. The number of hydrogen-bond donors (Lipinski definition) is 1. The van der Waals surface area contributed by atoms with E-state index in [1.54, 1.807) is 0 Å². The summed E-state index contributed by atoms with van der Waals surface area (Å²) in [6.07, 6.45) is 0. The predicted molar refractivity (Wildman–Crippen MR) is 67.3 cm³/mol. The van der Waals surface area contributed by atoms with Crippen molar-refractivity contribution < 1.29 is 28.9 Å². The molecule has 0 amide bonds. The standard InChI is InChI=1S/C13H11NS.ClHO4/c1-14-10-6-2-4-8-12(10)15-13-9-5-3-7-11(13)14;2-1(3,4)5/h2-9H,1H3;(H,2,3,4,5). The lowest BCUT2D eigenvalue weighted by Gasteiger charge is -2.29. The van der Waals surface area contributed by atoms with Crippen molar-refractivity contribution >= 4 is 23.1 Å². The summed E-state index contributed by atoms with van der Waals surface area (Å²) in [4.78, 5) is 4.92. The molecule has 1 aliphatic heterocycles. The van der Waals surface area contributed by atoms with Crippen molar-refractivity contribution in [3.8, 4) is 0 Å². The molecule has 5 nitrogen and oxygen atoms in total. The fraction of sp³-hybridized carbons (Fsp3) is 0.0769. The topological polar surface area (TPSA) is 92.7 Å². The Labute approximate surface area is 122 Å². The van der Waals surface area contributed by atoms with Gasteiger partial charge in [0.1, 0.15) is 0 Å². The first kappa shape index (κ1) is 15.1. The van der Waals surface area contributed by atoms with Gasteiger partial charge in [0, 0.05) is 16.8 Å². The van der Waals surface area contributed by atoms with Crippen LogP contribution in [-0.2, 0) is 0 Å². The molecule has 0 spiro atoms. The molecule has 1 aliphatic rings. The van der Waals surface area contributed by atoms with Gasteiger partial charge in [-0.1, -0.05) is 36.0 Å². The number of halogens is 1. The largest absolute Gasteiger partial charge is 0.343 e. The van der Waals surface area contributed by atoms with Crippen molar-refractivity contribution in [3.05, 3.63) is 48.5 Å². The van der Waals surface area contributed by atoms with Crippen molar-refractivity contribution in [1.82, 2.24) is 0 Å². The minimum atomic E-state index is -4.69. The van der Waals surface area contributed by atoms with Crippen LogP contribution in [0, 0.1) is 10.2 Å². The lowest BCUT2D eigenvalue weighted by atomic mass is 10.2. The van der Waals surface area contributed by atoms with Crippen LogP contribution in [0.25, 0.3) is 0 Å². The summed E-state index contributed by atoms with van der Waals surface area (Å²) in [7, 11) is -2.57. The van der Waals surface area contributed by atoms with Gasteiger partial charge in [0.15, 0.2) is 0 Å². The third-order valence-electron chi connectivity index (χ3n) is 2.67. The molecule has 3 rings (SSSR count). The van der Waals surface area contributed by atoms with Gasteiger partial charge in [-0.2, -0.15) is 14.0 Å². The molecule has 0 unspecified atom stereocenters. The van der Waals surface area contributed by atoms with Crippen molar-refractivity contribution in [1.29, 1.82) is 0 Å². The Bertz CT molecular complexity index is 551. The van der Waals surface area contributed by atoms with Gasteiger partial charge in [0.05, 0.1) is 26.3 Å². The zero-order chi connectivity index (χ0) is 14.8. The molecule has 0 radical (unpaired) electrons. The van der Waals surface area contributed by atoms with Crippen LogP contribution in [0.2, 0.25) is 0 Å². The second-order valence-electron chi connectivity index (χ2n) is 3.99. The van der Waals surface area contributed by atoms with Crippen LogP contribution in [0.4, 0.5) is 11.4 Å². The summed E-state index contributed by atoms with van der Waals surface area (Å²) in [6.45, 7) is 0. The van der Waals surface area contributed by atoms with E-state index in [4.69, 9.17) is 18.6 Å². The number of fused-ring (bicyclic) bond motifs is 2. The van der Waals surface area contributed by atoms with Gasteiger partial charge in [-0.3, -0.25) is 0 Å². The summed E-state index contributed by atoms with van der Waals surface area (Å²) < 4.78 is 32.7. The Hall–Kier alpha value is -1.28. The van der Waals surface area contributed by atoms with Gasteiger partial charge in [0.2, 0.25) is 0 Å². The maximum absolute atomic E-state index is 8.60. The average molecular weight is 314 g/mol. The summed E-state index contributed by atoms with van der Waals surface area (Å²) in [6, 6.07) is 17.0. The SMILES string of the molecule is CN1c2ccccc2Sc2ccccc21.[O-][Cl+3]([O-])([O-])O. The Kier molecular flexibility index (Phi) is 4.54. The molecule has 0 bridgehead atoms. The smallest absolute Gasteiger partial charge is 0.0777 e. The first-order valence-corrected chi connectivity index (χ1v) is 7.67. The summed E-state index contributed by atoms with van der Waals surface area (Å²) in [5.41, 5.74) is 2.59. The van der Waals surface area contributed by atoms with E-state index in [1.807, 2.05) is 11.8 Å². The monoisotopic (exact) mass is 313 g/mol. The zero-order valence-corrected chi connectivity index (χ0v) is 12.1. The minimum Gasteiger partial charge on any atom is -0.343 e. The van der Waals surface area contributed by atoms with Gasteiger partial charge in [-0.15, -0.1) is 0 Å². The number of nitrogens with zero attached hydrogens (tertiary/aromatic N) is 1. The van der Waals surface area contributed by atoms with Gasteiger partial charge >= 0.3 is 0 Å². The van der Waals surface area contributed by atoms with Crippen molar-refractivity contribution in [2.24, 2.45) is 0 Å². The molecule has 20 heavy (non-hydrogen) atoms. The van der Waals surface area contributed by atoms with Gasteiger partial charge < -0.3 is 4.90 Å². The van der Waals surface area contributed by atoms with Crippen LogP contribution >= 0.6 is 11.8 Å². The average Bonchev–Trinajstić information content (AvgIpc) is 2.37. The normalized spacial score (nSPS) is 12.9. The van der Waals surface area contributed by atoms with Gasteiger partial charge in [-0.25, -0.2) is 0 Å². The van der Waals surface area contributed by atoms with Gasteiger partial charge in [0.25, 0.3) is 0 Å². The van der Waals surface area contributed by atoms with Crippen molar-refractivity contribution in [2.45, 2.75) is 9.79 Å². The maximum Gasteiger partial charge on any atom is 0.0777 e.